The normalized spacial score (nSPS) is 16.5. The summed E-state index contributed by atoms with van der Waals surface area (Å²) < 4.78 is 0. The van der Waals surface area contributed by atoms with Gasteiger partial charge in [0.15, 0.2) is 0 Å². The predicted octanol–water partition coefficient (Wildman–Crippen LogP) is 3.83. The summed E-state index contributed by atoms with van der Waals surface area (Å²) in [7, 11) is 0. The van der Waals surface area contributed by atoms with Crippen molar-refractivity contribution >= 4 is 35.1 Å². The van der Waals surface area contributed by atoms with Crippen molar-refractivity contribution in [2.75, 3.05) is 48.7 Å². The molecule has 0 bridgehead atoms. The van der Waals surface area contributed by atoms with E-state index in [0.29, 0.717) is 24.3 Å². The van der Waals surface area contributed by atoms with Crippen molar-refractivity contribution in [1.82, 2.24) is 15.2 Å². The molecule has 0 unspecified atom stereocenters. The first-order valence-electron chi connectivity index (χ1n) is 11.0. The van der Waals surface area contributed by atoms with E-state index in [4.69, 9.17) is 0 Å². The first-order valence-corrected chi connectivity index (χ1v) is 12.0. The van der Waals surface area contributed by atoms with E-state index in [0.717, 1.165) is 29.4 Å². The van der Waals surface area contributed by atoms with E-state index in [1.165, 1.54) is 32.4 Å². The van der Waals surface area contributed by atoms with E-state index in [-0.39, 0.29) is 11.9 Å². The van der Waals surface area contributed by atoms with Crippen molar-refractivity contribution in [2.24, 2.45) is 0 Å². The van der Waals surface area contributed by atoms with Gasteiger partial charge < -0.3 is 15.5 Å². The van der Waals surface area contributed by atoms with Gasteiger partial charge in [0.1, 0.15) is 5.03 Å². The minimum Gasteiger partial charge on any atom is -0.352 e. The van der Waals surface area contributed by atoms with Crippen molar-refractivity contribution in [3.8, 4) is 0 Å². The van der Waals surface area contributed by atoms with Crippen LogP contribution in [0.1, 0.15) is 36.0 Å². The molecule has 3 amide bonds. The van der Waals surface area contributed by atoms with E-state index in [9.17, 15) is 9.59 Å². The van der Waals surface area contributed by atoms with Crippen LogP contribution in [0, 0.1) is 0 Å². The largest absolute Gasteiger partial charge is 0.352 e. The Bertz CT molecular complexity index is 899. The van der Waals surface area contributed by atoms with Crippen molar-refractivity contribution < 1.29 is 9.59 Å². The fraction of sp³-hybridized carbons (Fsp3) is 0.435. The molecular formula is C23H29N5O2S. The van der Waals surface area contributed by atoms with E-state index < -0.39 is 0 Å². The fourth-order valence-corrected chi connectivity index (χ4v) is 4.88. The molecule has 0 atom stereocenters. The average molecular weight is 440 g/mol. The van der Waals surface area contributed by atoms with Crippen LogP contribution in [0.2, 0.25) is 0 Å². The Morgan fingerprint density at radius 1 is 1.03 bits per heavy atom. The second-order valence-electron chi connectivity index (χ2n) is 7.85. The third kappa shape index (κ3) is 5.77. The van der Waals surface area contributed by atoms with Crippen LogP contribution < -0.4 is 15.5 Å². The van der Waals surface area contributed by atoms with Crippen molar-refractivity contribution in [3.63, 3.8) is 0 Å². The minimum atomic E-state index is -0.190. The molecular weight excluding hydrogens is 410 g/mol. The number of fused-ring (bicyclic) bond motifs is 1. The number of benzene rings is 1. The molecule has 2 aromatic rings. The van der Waals surface area contributed by atoms with Crippen molar-refractivity contribution in [3.05, 3.63) is 48.2 Å². The molecule has 2 aliphatic rings. The maximum Gasteiger partial charge on any atom is 0.326 e. The van der Waals surface area contributed by atoms with E-state index in [1.54, 1.807) is 47.1 Å². The number of aromatic nitrogens is 1. The molecule has 2 N–H and O–H groups in total. The van der Waals surface area contributed by atoms with Gasteiger partial charge in [-0.15, -0.1) is 11.8 Å². The molecule has 7 nitrogen and oxygen atoms in total. The van der Waals surface area contributed by atoms with Gasteiger partial charge in [-0.25, -0.2) is 9.78 Å². The Balaban J connectivity index is 1.25. The molecule has 2 aliphatic heterocycles. The lowest BCUT2D eigenvalue weighted by molar-refractivity contribution is 0.0951. The van der Waals surface area contributed by atoms with E-state index >= 15 is 0 Å². The number of thioether (sulfide) groups is 1. The Kier molecular flexibility index (Phi) is 7.43. The topological polar surface area (TPSA) is 77.6 Å². The summed E-state index contributed by atoms with van der Waals surface area (Å²) in [5, 5.41) is 6.78. The van der Waals surface area contributed by atoms with Gasteiger partial charge >= 0.3 is 6.03 Å². The molecule has 31 heavy (non-hydrogen) atoms. The molecule has 0 spiro atoms. The highest BCUT2D eigenvalue weighted by atomic mass is 32.2. The number of urea groups is 1. The second-order valence-corrected chi connectivity index (χ2v) is 8.93. The van der Waals surface area contributed by atoms with Gasteiger partial charge in [-0.2, -0.15) is 0 Å². The van der Waals surface area contributed by atoms with Crippen LogP contribution in [0.25, 0.3) is 0 Å². The molecule has 1 fully saturated rings. The van der Waals surface area contributed by atoms with Gasteiger partial charge in [-0.3, -0.25) is 9.69 Å². The molecule has 0 saturated carbocycles. The lowest BCUT2D eigenvalue weighted by Gasteiger charge is -2.28. The molecule has 3 heterocycles. The number of hydrogen-bond donors (Lipinski definition) is 2. The van der Waals surface area contributed by atoms with Gasteiger partial charge in [0.05, 0.1) is 5.69 Å². The number of carbonyl (C=O) groups is 2. The highest BCUT2D eigenvalue weighted by Crippen LogP contribution is 2.32. The molecule has 164 valence electrons. The summed E-state index contributed by atoms with van der Waals surface area (Å²) in [6, 6.07) is 10.6. The van der Waals surface area contributed by atoms with Crippen LogP contribution in [0.5, 0.6) is 0 Å². The van der Waals surface area contributed by atoms with Crippen molar-refractivity contribution in [2.45, 2.75) is 30.7 Å². The number of hydrogen-bond acceptors (Lipinski definition) is 5. The lowest BCUT2D eigenvalue weighted by atomic mass is 10.1. The average Bonchev–Trinajstić information content (AvgIpc) is 2.82. The maximum absolute atomic E-state index is 12.7. The summed E-state index contributed by atoms with van der Waals surface area (Å²) in [4.78, 5) is 33.7. The Labute approximate surface area is 187 Å². The van der Waals surface area contributed by atoms with Gasteiger partial charge in [0, 0.05) is 36.3 Å². The van der Waals surface area contributed by atoms with Crippen LogP contribution in [0.3, 0.4) is 0 Å². The van der Waals surface area contributed by atoms with Gasteiger partial charge in [-0.1, -0.05) is 6.42 Å². The molecule has 4 rings (SSSR count). The number of likely N-dealkylation sites (tertiary alicyclic amines) is 1. The zero-order valence-electron chi connectivity index (χ0n) is 17.7. The maximum atomic E-state index is 12.7. The molecule has 1 aromatic heterocycles. The monoisotopic (exact) mass is 439 g/mol. The predicted molar refractivity (Wildman–Crippen MR) is 125 cm³/mol. The Morgan fingerprint density at radius 3 is 2.65 bits per heavy atom. The SMILES string of the molecule is O=C(NCCCN1CCCCC1)c1ccc(NC(=O)N2CCSc3ncccc32)cc1. The zero-order valence-corrected chi connectivity index (χ0v) is 18.5. The lowest BCUT2D eigenvalue weighted by Crippen LogP contribution is -2.38. The Morgan fingerprint density at radius 2 is 1.84 bits per heavy atom. The highest BCUT2D eigenvalue weighted by molar-refractivity contribution is 7.99. The van der Waals surface area contributed by atoms with Crippen molar-refractivity contribution in [1.29, 1.82) is 0 Å². The molecule has 1 aromatic carbocycles. The number of piperidine rings is 1. The number of anilines is 2. The highest BCUT2D eigenvalue weighted by Gasteiger charge is 2.23. The van der Waals surface area contributed by atoms with Crippen LogP contribution >= 0.6 is 11.8 Å². The molecule has 1 saturated heterocycles. The number of pyridine rings is 1. The number of nitrogens with one attached hydrogen (secondary N) is 2. The van der Waals surface area contributed by atoms with Crippen LogP contribution in [-0.4, -0.2) is 60.3 Å². The third-order valence-electron chi connectivity index (χ3n) is 5.62. The van der Waals surface area contributed by atoms with Crippen LogP contribution in [0.15, 0.2) is 47.6 Å². The summed E-state index contributed by atoms with van der Waals surface area (Å²) >= 11 is 1.66. The van der Waals surface area contributed by atoms with Crippen LogP contribution in [0.4, 0.5) is 16.2 Å². The third-order valence-corrected chi connectivity index (χ3v) is 6.60. The number of amides is 3. The number of nitrogens with zero attached hydrogens (tertiary/aromatic N) is 3. The molecule has 8 heteroatoms. The first kappa shape index (κ1) is 21.6. The van der Waals surface area contributed by atoms with Gasteiger partial charge in [0.2, 0.25) is 0 Å². The Hall–Kier alpha value is -2.58. The summed E-state index contributed by atoms with van der Waals surface area (Å²) in [6.07, 6.45) is 6.62. The summed E-state index contributed by atoms with van der Waals surface area (Å²) in [6.45, 7) is 4.71. The van der Waals surface area contributed by atoms with Crippen LogP contribution in [-0.2, 0) is 0 Å². The van der Waals surface area contributed by atoms with E-state index in [1.807, 2.05) is 12.1 Å². The van der Waals surface area contributed by atoms with Gasteiger partial charge in [0.25, 0.3) is 5.91 Å². The zero-order chi connectivity index (χ0) is 21.5. The first-order chi connectivity index (χ1) is 15.2. The summed E-state index contributed by atoms with van der Waals surface area (Å²) in [5.41, 5.74) is 2.09. The summed E-state index contributed by atoms with van der Waals surface area (Å²) in [5.74, 6) is 0.735. The second kappa shape index (κ2) is 10.6. The smallest absolute Gasteiger partial charge is 0.326 e. The number of carbonyl (C=O) groups excluding carboxylic acids is 2. The fourth-order valence-electron chi connectivity index (χ4n) is 3.95. The van der Waals surface area contributed by atoms with Gasteiger partial charge in [-0.05, 0) is 75.3 Å². The number of rotatable bonds is 6. The quantitative estimate of drug-likeness (QED) is 0.669. The molecule has 0 radical (unpaired) electrons. The van der Waals surface area contributed by atoms with E-state index in [2.05, 4.69) is 20.5 Å². The molecule has 0 aliphatic carbocycles. The minimum absolute atomic E-state index is 0.0791. The standard InChI is InChI=1S/C23H29N5O2S/c29-21(24-12-5-15-27-13-2-1-3-14-27)18-7-9-19(10-8-18)26-23(30)28-16-17-31-22-20(28)6-4-11-25-22/h4,6-11H,1-3,5,12-17H2,(H,24,29)(H,26,30).